The smallest absolute Gasteiger partial charge is 0.376 e. The Balaban J connectivity index is 0.00000729. The molecule has 0 radical (unpaired) electrons. The Bertz CT molecular complexity index is 531. The fourth-order valence-electron chi connectivity index (χ4n) is 2.16. The van der Waals surface area contributed by atoms with Gasteiger partial charge in [-0.25, -0.2) is 0 Å². The summed E-state index contributed by atoms with van der Waals surface area (Å²) in [5, 5.41) is 6.20. The summed E-state index contributed by atoms with van der Waals surface area (Å²) < 4.78 is 46.2. The number of nitrogens with one attached hydrogen (secondary N) is 2. The maximum Gasteiger partial charge on any atom is 0.411 e. The number of aliphatic imine (C=N–C) groups is 1. The third kappa shape index (κ3) is 14.9. The summed E-state index contributed by atoms with van der Waals surface area (Å²) in [5.41, 5.74) is 1.14. The molecule has 0 saturated heterocycles. The highest BCUT2D eigenvalue weighted by molar-refractivity contribution is 14.0. The first-order valence-electron chi connectivity index (χ1n) is 9.19. The summed E-state index contributed by atoms with van der Waals surface area (Å²) in [6.45, 7) is 5.82. The quantitative estimate of drug-likeness (QED) is 0.191. The van der Waals surface area contributed by atoms with Gasteiger partial charge in [-0.15, -0.1) is 24.0 Å². The van der Waals surface area contributed by atoms with E-state index in [1.165, 1.54) is 0 Å². The lowest BCUT2D eigenvalue weighted by Gasteiger charge is -2.14. The second kappa shape index (κ2) is 15.8. The zero-order valence-corrected chi connectivity index (χ0v) is 18.8. The largest absolute Gasteiger partial charge is 0.411 e. The van der Waals surface area contributed by atoms with Crippen LogP contribution in [0.5, 0.6) is 0 Å². The fourth-order valence-corrected chi connectivity index (χ4v) is 2.16. The van der Waals surface area contributed by atoms with Crippen molar-refractivity contribution >= 4 is 29.9 Å². The molecule has 1 unspecified atom stereocenters. The lowest BCUT2D eigenvalue weighted by atomic mass is 10.2. The van der Waals surface area contributed by atoms with Crippen LogP contribution in [0.2, 0.25) is 0 Å². The van der Waals surface area contributed by atoms with E-state index in [-0.39, 0.29) is 36.5 Å². The second-order valence-corrected chi connectivity index (χ2v) is 6.27. The van der Waals surface area contributed by atoms with Crippen LogP contribution in [0.3, 0.4) is 0 Å². The van der Waals surface area contributed by atoms with Crippen molar-refractivity contribution in [2.24, 2.45) is 10.9 Å². The molecular formula is C19H31F3IN3O2. The third-order valence-electron chi connectivity index (χ3n) is 3.44. The van der Waals surface area contributed by atoms with Gasteiger partial charge in [-0.3, -0.25) is 4.99 Å². The Morgan fingerprint density at radius 3 is 2.50 bits per heavy atom. The van der Waals surface area contributed by atoms with Gasteiger partial charge in [0, 0.05) is 26.2 Å². The minimum absolute atomic E-state index is 0. The van der Waals surface area contributed by atoms with E-state index in [9.17, 15) is 13.2 Å². The molecule has 0 saturated carbocycles. The molecule has 28 heavy (non-hydrogen) atoms. The van der Waals surface area contributed by atoms with E-state index < -0.39 is 12.8 Å². The van der Waals surface area contributed by atoms with Gasteiger partial charge in [0.2, 0.25) is 0 Å². The van der Waals surface area contributed by atoms with Crippen LogP contribution in [-0.4, -0.2) is 51.6 Å². The molecular weight excluding hydrogens is 486 g/mol. The Morgan fingerprint density at radius 2 is 1.86 bits per heavy atom. The van der Waals surface area contributed by atoms with E-state index >= 15 is 0 Å². The average Bonchev–Trinajstić information content (AvgIpc) is 2.62. The van der Waals surface area contributed by atoms with Crippen molar-refractivity contribution in [1.82, 2.24) is 10.6 Å². The molecule has 0 aromatic heterocycles. The molecule has 9 heteroatoms. The molecule has 0 aliphatic heterocycles. The predicted octanol–water partition coefficient (Wildman–Crippen LogP) is 3.98. The lowest BCUT2D eigenvalue weighted by Crippen LogP contribution is -2.38. The molecule has 0 fully saturated rings. The minimum Gasteiger partial charge on any atom is -0.376 e. The Morgan fingerprint density at radius 1 is 1.14 bits per heavy atom. The van der Waals surface area contributed by atoms with Gasteiger partial charge in [0.25, 0.3) is 0 Å². The SMILES string of the molecule is CCNC(=NCC(C)COCc1ccccc1)NCCCOCC(F)(F)F.I. The fraction of sp³-hybridized carbons (Fsp3) is 0.632. The molecule has 0 bridgehead atoms. The van der Waals surface area contributed by atoms with E-state index in [4.69, 9.17) is 4.74 Å². The summed E-state index contributed by atoms with van der Waals surface area (Å²) in [7, 11) is 0. The Kier molecular flexibility index (Phi) is 15.2. The number of nitrogens with zero attached hydrogens (tertiary/aromatic N) is 1. The summed E-state index contributed by atoms with van der Waals surface area (Å²) in [6.07, 6.45) is -3.81. The van der Waals surface area contributed by atoms with Crippen LogP contribution in [0.4, 0.5) is 13.2 Å². The molecule has 1 rings (SSSR count). The van der Waals surface area contributed by atoms with Gasteiger partial charge in [-0.2, -0.15) is 13.2 Å². The second-order valence-electron chi connectivity index (χ2n) is 6.27. The molecule has 0 heterocycles. The number of benzene rings is 1. The highest BCUT2D eigenvalue weighted by atomic mass is 127. The van der Waals surface area contributed by atoms with Crippen molar-refractivity contribution in [3.63, 3.8) is 0 Å². The number of ether oxygens (including phenoxy) is 2. The predicted molar refractivity (Wildman–Crippen MR) is 116 cm³/mol. The molecule has 0 aliphatic rings. The van der Waals surface area contributed by atoms with E-state index in [1.807, 2.05) is 37.3 Å². The number of guanidine groups is 1. The van der Waals surface area contributed by atoms with Crippen molar-refractivity contribution in [1.29, 1.82) is 0 Å². The molecule has 1 aromatic carbocycles. The topological polar surface area (TPSA) is 54.9 Å². The highest BCUT2D eigenvalue weighted by Crippen LogP contribution is 2.14. The first-order chi connectivity index (χ1) is 12.9. The maximum absolute atomic E-state index is 12.0. The molecule has 2 N–H and O–H groups in total. The molecule has 5 nitrogen and oxygen atoms in total. The zero-order chi connectivity index (χ0) is 20.0. The van der Waals surface area contributed by atoms with Crippen LogP contribution in [-0.2, 0) is 16.1 Å². The Hall–Kier alpha value is -1.07. The van der Waals surface area contributed by atoms with Crippen molar-refractivity contribution in [2.75, 3.05) is 39.5 Å². The lowest BCUT2D eigenvalue weighted by molar-refractivity contribution is -0.173. The molecule has 0 amide bonds. The van der Waals surface area contributed by atoms with Gasteiger partial charge in [-0.1, -0.05) is 37.3 Å². The summed E-state index contributed by atoms with van der Waals surface area (Å²) in [4.78, 5) is 4.49. The first kappa shape index (κ1) is 26.9. The standard InChI is InChI=1S/C19H30F3N3O2.HI/c1-3-23-18(24-10-7-11-26-15-19(20,21)22)25-12-16(2)13-27-14-17-8-5-4-6-9-17;/h4-6,8-9,16H,3,7,10-15H2,1-2H3,(H2,23,24,25);1H. The molecule has 1 aromatic rings. The summed E-state index contributed by atoms with van der Waals surface area (Å²) >= 11 is 0. The highest BCUT2D eigenvalue weighted by Gasteiger charge is 2.27. The van der Waals surface area contributed by atoms with Gasteiger partial charge in [0.15, 0.2) is 5.96 Å². The van der Waals surface area contributed by atoms with E-state index in [0.29, 0.717) is 45.2 Å². The molecule has 0 spiro atoms. The van der Waals surface area contributed by atoms with Crippen LogP contribution in [0.15, 0.2) is 35.3 Å². The van der Waals surface area contributed by atoms with Gasteiger partial charge < -0.3 is 20.1 Å². The summed E-state index contributed by atoms with van der Waals surface area (Å²) in [5.74, 6) is 0.891. The van der Waals surface area contributed by atoms with Gasteiger partial charge in [0.05, 0.1) is 13.2 Å². The van der Waals surface area contributed by atoms with Crippen LogP contribution < -0.4 is 10.6 Å². The number of hydrogen-bond acceptors (Lipinski definition) is 3. The van der Waals surface area contributed by atoms with Gasteiger partial charge >= 0.3 is 6.18 Å². The average molecular weight is 517 g/mol. The van der Waals surface area contributed by atoms with Crippen molar-refractivity contribution in [2.45, 2.75) is 33.1 Å². The first-order valence-corrected chi connectivity index (χ1v) is 9.19. The van der Waals surface area contributed by atoms with Crippen LogP contribution in [0.1, 0.15) is 25.8 Å². The summed E-state index contributed by atoms with van der Waals surface area (Å²) in [6, 6.07) is 9.98. The van der Waals surface area contributed by atoms with E-state index in [2.05, 4.69) is 27.3 Å². The van der Waals surface area contributed by atoms with Crippen molar-refractivity contribution in [3.05, 3.63) is 35.9 Å². The van der Waals surface area contributed by atoms with Gasteiger partial charge in [-0.05, 0) is 24.8 Å². The number of halogens is 4. The number of alkyl halides is 3. The monoisotopic (exact) mass is 517 g/mol. The van der Waals surface area contributed by atoms with Gasteiger partial charge in [0.1, 0.15) is 6.61 Å². The zero-order valence-electron chi connectivity index (χ0n) is 16.4. The number of rotatable bonds is 12. The third-order valence-corrected chi connectivity index (χ3v) is 3.44. The van der Waals surface area contributed by atoms with E-state index in [0.717, 1.165) is 5.56 Å². The minimum atomic E-state index is -4.28. The maximum atomic E-state index is 12.0. The van der Waals surface area contributed by atoms with Crippen LogP contribution in [0.25, 0.3) is 0 Å². The Labute approximate surface area is 182 Å². The molecule has 1 atom stereocenters. The molecule has 162 valence electrons. The van der Waals surface area contributed by atoms with Crippen molar-refractivity contribution in [3.8, 4) is 0 Å². The number of hydrogen-bond donors (Lipinski definition) is 2. The van der Waals surface area contributed by atoms with Crippen molar-refractivity contribution < 1.29 is 22.6 Å². The van der Waals surface area contributed by atoms with Crippen LogP contribution >= 0.6 is 24.0 Å². The van der Waals surface area contributed by atoms with E-state index in [1.54, 1.807) is 0 Å². The van der Waals surface area contributed by atoms with Crippen LogP contribution in [0, 0.1) is 5.92 Å². The normalized spacial score (nSPS) is 13.0. The molecule has 0 aliphatic carbocycles.